The molecule has 1 N–H and O–H groups in total. The highest BCUT2D eigenvalue weighted by molar-refractivity contribution is 7.88. The monoisotopic (exact) mass is 355 g/mol. The van der Waals surface area contributed by atoms with E-state index in [0.717, 1.165) is 5.69 Å². The molecule has 0 saturated heterocycles. The van der Waals surface area contributed by atoms with Crippen molar-refractivity contribution in [2.75, 3.05) is 20.6 Å². The molecule has 1 atom stereocenters. The molecule has 7 heteroatoms. The minimum absolute atomic E-state index is 0.0454. The number of halogens is 1. The van der Waals surface area contributed by atoms with Crippen LogP contribution in [0.15, 0.2) is 42.6 Å². The third-order valence-corrected chi connectivity index (χ3v) is 5.41. The summed E-state index contributed by atoms with van der Waals surface area (Å²) < 4.78 is 29.4. The fourth-order valence-electron chi connectivity index (χ4n) is 2.45. The number of nitrogens with zero attached hydrogens (tertiary/aromatic N) is 2. The minimum atomic E-state index is -3.46. The second-order valence-corrected chi connectivity index (χ2v) is 7.94. The summed E-state index contributed by atoms with van der Waals surface area (Å²) >= 11 is 6.04. The Morgan fingerprint density at radius 2 is 1.91 bits per heavy atom. The van der Waals surface area contributed by atoms with E-state index in [2.05, 4.69) is 4.72 Å². The zero-order chi connectivity index (χ0) is 17.0. The molecule has 0 aliphatic carbocycles. The summed E-state index contributed by atoms with van der Waals surface area (Å²) in [5, 5.41) is 0.462. The van der Waals surface area contributed by atoms with Crippen molar-refractivity contribution in [2.45, 2.75) is 11.8 Å². The van der Waals surface area contributed by atoms with E-state index in [9.17, 15) is 8.42 Å². The van der Waals surface area contributed by atoms with E-state index in [4.69, 9.17) is 11.6 Å². The van der Waals surface area contributed by atoms with Gasteiger partial charge in [0, 0.05) is 30.5 Å². The zero-order valence-corrected chi connectivity index (χ0v) is 15.1. The second-order valence-electron chi connectivity index (χ2n) is 5.72. The number of hydrogen-bond donors (Lipinski definition) is 1. The Morgan fingerprint density at radius 1 is 1.22 bits per heavy atom. The molecule has 1 unspecified atom stereocenters. The van der Waals surface area contributed by atoms with Crippen LogP contribution in [-0.4, -0.2) is 38.5 Å². The highest BCUT2D eigenvalue weighted by Gasteiger charge is 2.20. The number of likely N-dealkylation sites (N-methyl/N-ethyl adjacent to an activating group) is 1. The molecule has 1 aromatic heterocycles. The Morgan fingerprint density at radius 3 is 2.48 bits per heavy atom. The molecular weight excluding hydrogens is 334 g/mol. The molecule has 0 fully saturated rings. The molecule has 2 aromatic rings. The molecule has 0 aliphatic heterocycles. The first-order valence-corrected chi connectivity index (χ1v) is 9.31. The van der Waals surface area contributed by atoms with Gasteiger partial charge in [-0.15, -0.1) is 0 Å². The van der Waals surface area contributed by atoms with Crippen LogP contribution in [0.1, 0.15) is 17.3 Å². The van der Waals surface area contributed by atoms with Gasteiger partial charge in [-0.1, -0.05) is 29.8 Å². The van der Waals surface area contributed by atoms with Gasteiger partial charge in [-0.05, 0) is 37.9 Å². The van der Waals surface area contributed by atoms with Gasteiger partial charge in [0.25, 0.3) is 0 Å². The summed E-state index contributed by atoms with van der Waals surface area (Å²) in [5.74, 6) is -0.125. The van der Waals surface area contributed by atoms with E-state index in [0.29, 0.717) is 17.1 Å². The van der Waals surface area contributed by atoms with Crippen LogP contribution in [0.2, 0.25) is 5.02 Å². The lowest BCUT2D eigenvalue weighted by Gasteiger charge is -2.25. The lowest BCUT2D eigenvalue weighted by Crippen LogP contribution is -2.36. The fraction of sp³-hybridized carbons (Fsp3) is 0.375. The van der Waals surface area contributed by atoms with Crippen LogP contribution < -0.4 is 4.72 Å². The Bertz CT molecular complexity index is 756. The van der Waals surface area contributed by atoms with Crippen molar-refractivity contribution in [1.29, 1.82) is 0 Å². The van der Waals surface area contributed by atoms with Gasteiger partial charge in [-0.3, -0.25) is 4.90 Å². The van der Waals surface area contributed by atoms with E-state index in [-0.39, 0.29) is 11.8 Å². The van der Waals surface area contributed by atoms with Gasteiger partial charge in [0.05, 0.1) is 11.8 Å². The molecular formula is C16H22ClN3O2S. The highest BCUT2D eigenvalue weighted by Crippen LogP contribution is 2.19. The van der Waals surface area contributed by atoms with Crippen molar-refractivity contribution in [3.63, 3.8) is 0 Å². The van der Waals surface area contributed by atoms with Crippen LogP contribution in [0, 0.1) is 0 Å². The van der Waals surface area contributed by atoms with Gasteiger partial charge >= 0.3 is 0 Å². The molecule has 0 amide bonds. The number of aromatic nitrogens is 1. The number of hydrogen-bond acceptors (Lipinski definition) is 3. The van der Waals surface area contributed by atoms with Crippen molar-refractivity contribution in [1.82, 2.24) is 14.2 Å². The Hall–Kier alpha value is -1.34. The molecule has 0 spiro atoms. The summed E-state index contributed by atoms with van der Waals surface area (Å²) in [5.41, 5.74) is 1.65. The maximum atomic E-state index is 12.3. The largest absolute Gasteiger partial charge is 0.353 e. The molecule has 0 bridgehead atoms. The van der Waals surface area contributed by atoms with Gasteiger partial charge < -0.3 is 4.57 Å². The summed E-state index contributed by atoms with van der Waals surface area (Å²) in [6.07, 6.45) is 1.95. The molecule has 0 radical (unpaired) electrons. The molecule has 2 rings (SSSR count). The number of nitrogens with one attached hydrogen (secondary N) is 1. The molecule has 0 saturated carbocycles. The lowest BCUT2D eigenvalue weighted by atomic mass is 10.2. The molecule has 1 heterocycles. The fourth-order valence-corrected chi connectivity index (χ4v) is 3.91. The molecule has 126 valence electrons. The van der Waals surface area contributed by atoms with Gasteiger partial charge in [0.15, 0.2) is 0 Å². The van der Waals surface area contributed by atoms with Crippen LogP contribution in [0.25, 0.3) is 0 Å². The maximum absolute atomic E-state index is 12.3. The van der Waals surface area contributed by atoms with E-state index in [1.54, 1.807) is 24.3 Å². The Kier molecular flexibility index (Phi) is 5.86. The van der Waals surface area contributed by atoms with Crippen LogP contribution in [-0.2, 0) is 22.8 Å². The van der Waals surface area contributed by atoms with Crippen molar-refractivity contribution < 1.29 is 8.42 Å². The zero-order valence-electron chi connectivity index (χ0n) is 13.5. The van der Waals surface area contributed by atoms with Crippen molar-refractivity contribution >= 4 is 21.6 Å². The van der Waals surface area contributed by atoms with E-state index in [1.165, 1.54) is 0 Å². The van der Waals surface area contributed by atoms with Gasteiger partial charge in [-0.25, -0.2) is 13.1 Å². The summed E-state index contributed by atoms with van der Waals surface area (Å²) in [6.45, 7) is 0.303. The van der Waals surface area contributed by atoms with Crippen molar-refractivity contribution in [2.24, 2.45) is 7.05 Å². The van der Waals surface area contributed by atoms with Gasteiger partial charge in [0.1, 0.15) is 0 Å². The molecule has 23 heavy (non-hydrogen) atoms. The van der Waals surface area contributed by atoms with Crippen LogP contribution in [0.5, 0.6) is 0 Å². The van der Waals surface area contributed by atoms with E-state index >= 15 is 0 Å². The standard InChI is InChI=1S/C16H22ClN3O2S/c1-19(2)16(15-9-6-10-20(15)3)11-18-23(21,22)12-13-7-4-5-8-14(13)17/h4-10,16,18H,11-12H2,1-3H3. The van der Waals surface area contributed by atoms with E-state index in [1.807, 2.05) is 48.9 Å². The van der Waals surface area contributed by atoms with Crippen molar-refractivity contribution in [3.05, 3.63) is 58.9 Å². The summed E-state index contributed by atoms with van der Waals surface area (Å²) in [6, 6.07) is 10.9. The minimum Gasteiger partial charge on any atom is -0.353 e. The predicted molar refractivity (Wildman–Crippen MR) is 93.9 cm³/mol. The average molecular weight is 356 g/mol. The number of benzene rings is 1. The van der Waals surface area contributed by atoms with Crippen LogP contribution in [0.4, 0.5) is 0 Å². The third-order valence-electron chi connectivity index (χ3n) is 3.75. The number of aryl methyl sites for hydroxylation is 1. The van der Waals surface area contributed by atoms with Gasteiger partial charge in [-0.2, -0.15) is 0 Å². The Balaban J connectivity index is 2.08. The smallest absolute Gasteiger partial charge is 0.215 e. The maximum Gasteiger partial charge on any atom is 0.215 e. The SMILES string of the molecule is CN(C)C(CNS(=O)(=O)Cc1ccccc1Cl)c1cccn1C. The Labute approximate surface area is 142 Å². The molecule has 0 aliphatic rings. The second kappa shape index (κ2) is 7.49. The quantitative estimate of drug-likeness (QED) is 0.829. The first kappa shape index (κ1) is 18.0. The first-order chi connectivity index (χ1) is 10.8. The lowest BCUT2D eigenvalue weighted by molar-refractivity contribution is 0.289. The van der Waals surface area contributed by atoms with Crippen LogP contribution >= 0.6 is 11.6 Å². The summed E-state index contributed by atoms with van der Waals surface area (Å²) in [4.78, 5) is 1.99. The number of sulfonamides is 1. The highest BCUT2D eigenvalue weighted by atomic mass is 35.5. The number of rotatable bonds is 7. The van der Waals surface area contributed by atoms with Gasteiger partial charge in [0.2, 0.25) is 10.0 Å². The topological polar surface area (TPSA) is 54.3 Å². The summed E-state index contributed by atoms with van der Waals surface area (Å²) in [7, 11) is 2.35. The normalized spacial score (nSPS) is 13.4. The van der Waals surface area contributed by atoms with E-state index < -0.39 is 10.0 Å². The molecule has 1 aromatic carbocycles. The molecule has 5 nitrogen and oxygen atoms in total. The van der Waals surface area contributed by atoms with Crippen molar-refractivity contribution in [3.8, 4) is 0 Å². The predicted octanol–water partition coefficient (Wildman–Crippen LogP) is 2.40. The third kappa shape index (κ3) is 4.81. The first-order valence-electron chi connectivity index (χ1n) is 7.28. The average Bonchev–Trinajstić information content (AvgIpc) is 2.87. The van der Waals surface area contributed by atoms with Crippen LogP contribution in [0.3, 0.4) is 0 Å².